The quantitative estimate of drug-likeness (QED) is 0.555. The van der Waals surface area contributed by atoms with Crippen molar-refractivity contribution in [1.29, 1.82) is 0 Å². The molecule has 5 atom stereocenters. The molecule has 2 aromatic carbocycles. The van der Waals surface area contributed by atoms with Crippen LogP contribution in [-0.2, 0) is 11.2 Å². The first-order chi connectivity index (χ1) is 13.5. The van der Waals surface area contributed by atoms with E-state index < -0.39 is 37.1 Å². The molecule has 1 aliphatic heterocycles. The van der Waals surface area contributed by atoms with Crippen LogP contribution >= 0.6 is 0 Å². The lowest BCUT2D eigenvalue weighted by Gasteiger charge is -2.40. The third-order valence-corrected chi connectivity index (χ3v) is 4.92. The van der Waals surface area contributed by atoms with Crippen LogP contribution in [0.5, 0.6) is 11.5 Å². The van der Waals surface area contributed by atoms with Crippen molar-refractivity contribution in [1.82, 2.24) is 0 Å². The number of hydrogen-bond donors (Lipinski definition) is 4. The van der Waals surface area contributed by atoms with Gasteiger partial charge in [-0.3, -0.25) is 0 Å². The molecule has 1 aliphatic rings. The maximum atomic E-state index is 10.2. The van der Waals surface area contributed by atoms with Crippen LogP contribution in [0.25, 0.3) is 0 Å². The average Bonchev–Trinajstić information content (AvgIpc) is 2.73. The lowest BCUT2D eigenvalue weighted by Crippen LogP contribution is -2.55. The second kappa shape index (κ2) is 9.36. The third-order valence-electron chi connectivity index (χ3n) is 4.92. The fourth-order valence-corrected chi connectivity index (χ4v) is 3.21. The Balaban J connectivity index is 1.56. The van der Waals surface area contributed by atoms with Crippen molar-refractivity contribution in [2.75, 3.05) is 20.3 Å². The molecule has 28 heavy (non-hydrogen) atoms. The Bertz CT molecular complexity index is 729. The molecule has 1 fully saturated rings. The van der Waals surface area contributed by atoms with Crippen molar-refractivity contribution in [3.63, 3.8) is 0 Å². The number of aliphatic hydroxyl groups excluding tert-OH is 4. The molecule has 1 heterocycles. The highest BCUT2D eigenvalue weighted by Crippen LogP contribution is 2.33. The highest BCUT2D eigenvalue weighted by Gasteiger charge is 2.43. The Hall–Kier alpha value is -2.16. The number of ether oxygens (including phenoxy) is 3. The molecule has 0 radical (unpaired) electrons. The molecule has 0 aromatic heterocycles. The summed E-state index contributed by atoms with van der Waals surface area (Å²) in [4.78, 5) is 0. The van der Waals surface area contributed by atoms with Gasteiger partial charge in [-0.1, -0.05) is 24.3 Å². The summed E-state index contributed by atoms with van der Waals surface area (Å²) < 4.78 is 16.4. The van der Waals surface area contributed by atoms with E-state index >= 15 is 0 Å². The van der Waals surface area contributed by atoms with Crippen molar-refractivity contribution >= 4 is 0 Å². The third kappa shape index (κ3) is 4.63. The summed E-state index contributed by atoms with van der Waals surface area (Å²) in [6, 6.07) is 14.8. The molecule has 152 valence electrons. The maximum Gasteiger partial charge on any atom is 0.119 e. The summed E-state index contributed by atoms with van der Waals surface area (Å²) in [5, 5.41) is 39.3. The second-order valence-corrected chi connectivity index (χ2v) is 6.77. The Morgan fingerprint density at radius 1 is 0.857 bits per heavy atom. The molecule has 7 heteroatoms. The molecule has 0 saturated carbocycles. The SMILES string of the molecule is COc1ccc(CCOc2ccc(C3OC(CO)C(O)C(O)C3O)cc2)cc1. The van der Waals surface area contributed by atoms with Gasteiger partial charge in [0.05, 0.1) is 20.3 Å². The first-order valence-corrected chi connectivity index (χ1v) is 9.19. The standard InChI is InChI=1S/C21H26O7/c1-26-15-6-2-13(3-7-15)10-11-27-16-8-4-14(5-9-16)21-20(25)19(24)18(23)17(12-22)28-21/h2-9,17-25H,10-12H2,1H3. The normalized spacial score (nSPS) is 27.4. The Kier molecular flexibility index (Phi) is 6.88. The van der Waals surface area contributed by atoms with Gasteiger partial charge in [-0.2, -0.15) is 0 Å². The number of rotatable bonds is 7. The first-order valence-electron chi connectivity index (χ1n) is 9.19. The monoisotopic (exact) mass is 390 g/mol. The number of hydrogen-bond acceptors (Lipinski definition) is 7. The van der Waals surface area contributed by atoms with Crippen LogP contribution in [-0.4, -0.2) is 65.2 Å². The van der Waals surface area contributed by atoms with E-state index in [0.29, 0.717) is 17.9 Å². The minimum atomic E-state index is -1.39. The Labute approximate surface area is 163 Å². The van der Waals surface area contributed by atoms with Gasteiger partial charge in [0.25, 0.3) is 0 Å². The first kappa shape index (κ1) is 20.6. The van der Waals surface area contributed by atoms with Crippen molar-refractivity contribution in [2.45, 2.75) is 36.9 Å². The molecule has 3 rings (SSSR count). The lowest BCUT2D eigenvalue weighted by molar-refractivity contribution is -0.231. The molecular weight excluding hydrogens is 364 g/mol. The van der Waals surface area contributed by atoms with Gasteiger partial charge in [0.15, 0.2) is 0 Å². The molecule has 0 aliphatic carbocycles. The topological polar surface area (TPSA) is 109 Å². The summed E-state index contributed by atoms with van der Waals surface area (Å²) in [5.74, 6) is 1.48. The van der Waals surface area contributed by atoms with Crippen LogP contribution in [0.15, 0.2) is 48.5 Å². The smallest absolute Gasteiger partial charge is 0.119 e. The van der Waals surface area contributed by atoms with Crippen molar-refractivity contribution in [3.8, 4) is 11.5 Å². The molecule has 0 amide bonds. The van der Waals surface area contributed by atoms with Crippen LogP contribution in [0.1, 0.15) is 17.2 Å². The van der Waals surface area contributed by atoms with Gasteiger partial charge in [0, 0.05) is 6.42 Å². The summed E-state index contributed by atoms with van der Waals surface area (Å²) in [6.45, 7) is 0.0553. The van der Waals surface area contributed by atoms with Gasteiger partial charge in [-0.05, 0) is 35.4 Å². The van der Waals surface area contributed by atoms with Crippen molar-refractivity contribution in [2.24, 2.45) is 0 Å². The van der Waals surface area contributed by atoms with Crippen LogP contribution in [0.2, 0.25) is 0 Å². The van der Waals surface area contributed by atoms with Gasteiger partial charge in [-0.15, -0.1) is 0 Å². The van der Waals surface area contributed by atoms with Gasteiger partial charge in [-0.25, -0.2) is 0 Å². The second-order valence-electron chi connectivity index (χ2n) is 6.77. The predicted molar refractivity (Wildman–Crippen MR) is 101 cm³/mol. The van der Waals surface area contributed by atoms with Crippen molar-refractivity contribution in [3.05, 3.63) is 59.7 Å². The van der Waals surface area contributed by atoms with E-state index in [4.69, 9.17) is 14.2 Å². The van der Waals surface area contributed by atoms with Crippen molar-refractivity contribution < 1.29 is 34.6 Å². The fourth-order valence-electron chi connectivity index (χ4n) is 3.21. The minimum Gasteiger partial charge on any atom is -0.497 e. The summed E-state index contributed by atoms with van der Waals surface area (Å²) >= 11 is 0. The van der Waals surface area contributed by atoms with E-state index in [0.717, 1.165) is 17.7 Å². The van der Waals surface area contributed by atoms with E-state index in [1.165, 1.54) is 0 Å². The molecular formula is C21H26O7. The van der Waals surface area contributed by atoms with E-state index in [9.17, 15) is 20.4 Å². The Morgan fingerprint density at radius 2 is 1.50 bits per heavy atom. The highest BCUT2D eigenvalue weighted by atomic mass is 16.5. The molecule has 4 N–H and O–H groups in total. The zero-order valence-electron chi connectivity index (χ0n) is 15.6. The zero-order valence-corrected chi connectivity index (χ0v) is 15.6. The average molecular weight is 390 g/mol. The zero-order chi connectivity index (χ0) is 20.1. The van der Waals surface area contributed by atoms with Gasteiger partial charge in [0.1, 0.15) is 42.0 Å². The number of methoxy groups -OCH3 is 1. The molecule has 7 nitrogen and oxygen atoms in total. The fraction of sp³-hybridized carbons (Fsp3) is 0.429. The molecule has 5 unspecified atom stereocenters. The van der Waals surface area contributed by atoms with Crippen LogP contribution < -0.4 is 9.47 Å². The number of benzene rings is 2. The maximum absolute atomic E-state index is 10.2. The van der Waals surface area contributed by atoms with Gasteiger partial charge in [0.2, 0.25) is 0 Å². The molecule has 1 saturated heterocycles. The van der Waals surface area contributed by atoms with E-state index in [2.05, 4.69) is 0 Å². The lowest BCUT2D eigenvalue weighted by atomic mass is 9.91. The van der Waals surface area contributed by atoms with Crippen LogP contribution in [0, 0.1) is 0 Å². The summed E-state index contributed by atoms with van der Waals surface area (Å²) in [5.41, 5.74) is 1.76. The van der Waals surface area contributed by atoms with Gasteiger partial charge >= 0.3 is 0 Å². The molecule has 0 bridgehead atoms. The number of aliphatic hydroxyl groups is 4. The Morgan fingerprint density at radius 3 is 2.11 bits per heavy atom. The van der Waals surface area contributed by atoms with Gasteiger partial charge < -0.3 is 34.6 Å². The largest absolute Gasteiger partial charge is 0.497 e. The summed E-state index contributed by atoms with van der Waals surface area (Å²) in [7, 11) is 1.63. The van der Waals surface area contributed by atoms with Crippen LogP contribution in [0.3, 0.4) is 0 Å². The molecule has 0 spiro atoms. The highest BCUT2D eigenvalue weighted by molar-refractivity contribution is 5.30. The van der Waals surface area contributed by atoms with E-state index in [-0.39, 0.29) is 0 Å². The van der Waals surface area contributed by atoms with E-state index in [1.54, 1.807) is 31.4 Å². The van der Waals surface area contributed by atoms with E-state index in [1.807, 2.05) is 24.3 Å². The van der Waals surface area contributed by atoms with Crippen LogP contribution in [0.4, 0.5) is 0 Å². The predicted octanol–water partition coefficient (Wildman–Crippen LogP) is 0.832. The minimum absolute atomic E-state index is 0.450. The summed E-state index contributed by atoms with van der Waals surface area (Å²) in [6.07, 6.45) is -5.07. The molecule has 2 aromatic rings.